The second kappa shape index (κ2) is 8.38. The van der Waals surface area contributed by atoms with Gasteiger partial charge in [0, 0.05) is 41.7 Å². The van der Waals surface area contributed by atoms with Gasteiger partial charge in [0.25, 0.3) is 5.95 Å². The topological polar surface area (TPSA) is 90.5 Å². The Hall–Kier alpha value is -3.03. The predicted molar refractivity (Wildman–Crippen MR) is 117 cm³/mol. The van der Waals surface area contributed by atoms with Gasteiger partial charge >= 0.3 is 0 Å². The van der Waals surface area contributed by atoms with Crippen LogP contribution in [0.15, 0.2) is 24.5 Å². The molecule has 0 bridgehead atoms. The summed E-state index contributed by atoms with van der Waals surface area (Å²) in [5.74, 6) is 1.34. The number of hydrogen-bond donors (Lipinski definition) is 1. The summed E-state index contributed by atoms with van der Waals surface area (Å²) < 4.78 is 3.57. The molecule has 1 amide bonds. The highest BCUT2D eigenvalue weighted by Crippen LogP contribution is 2.25. The molecule has 8 nitrogen and oxygen atoms in total. The third-order valence-electron chi connectivity index (χ3n) is 4.89. The van der Waals surface area contributed by atoms with E-state index in [1.54, 1.807) is 23.1 Å². The third kappa shape index (κ3) is 4.75. The van der Waals surface area contributed by atoms with E-state index in [2.05, 4.69) is 60.1 Å². The van der Waals surface area contributed by atoms with Crippen LogP contribution in [-0.4, -0.2) is 35.4 Å². The number of amides is 1. The fraction of sp³-hybridized carbons (Fsp3) is 0.500. The summed E-state index contributed by atoms with van der Waals surface area (Å²) >= 11 is 0. The summed E-state index contributed by atoms with van der Waals surface area (Å²) in [5, 5.41) is 12.3. The number of carbonyl (C=O) groups is 1. The van der Waals surface area contributed by atoms with Crippen molar-refractivity contribution in [3.05, 3.63) is 47.2 Å². The van der Waals surface area contributed by atoms with Crippen molar-refractivity contribution in [2.75, 3.05) is 5.32 Å². The number of hydrogen-bond acceptors (Lipinski definition) is 5. The lowest BCUT2D eigenvalue weighted by Crippen LogP contribution is -2.18. The molecule has 0 aliphatic rings. The first-order valence-electron chi connectivity index (χ1n) is 10.3. The average molecular weight is 410 g/mol. The highest BCUT2D eigenvalue weighted by Gasteiger charge is 2.23. The molecule has 160 valence electrons. The van der Waals surface area contributed by atoms with Crippen LogP contribution in [0, 0.1) is 19.8 Å². The van der Waals surface area contributed by atoms with E-state index in [4.69, 9.17) is 0 Å². The highest BCUT2D eigenvalue weighted by molar-refractivity contribution is 5.92. The highest BCUT2D eigenvalue weighted by atomic mass is 16.1. The van der Waals surface area contributed by atoms with Crippen molar-refractivity contribution in [1.29, 1.82) is 0 Å². The Balaban J connectivity index is 1.87. The van der Waals surface area contributed by atoms with E-state index in [1.165, 1.54) is 0 Å². The predicted octanol–water partition coefficient (Wildman–Crippen LogP) is 3.61. The molecule has 30 heavy (non-hydrogen) atoms. The fourth-order valence-corrected chi connectivity index (χ4v) is 3.25. The number of carbonyl (C=O) groups excluding carboxylic acids is 1. The van der Waals surface area contributed by atoms with Crippen LogP contribution >= 0.6 is 0 Å². The Morgan fingerprint density at radius 1 is 1.13 bits per heavy atom. The smallest absolute Gasteiger partial charge is 0.252 e. The van der Waals surface area contributed by atoms with Crippen molar-refractivity contribution in [2.45, 2.75) is 66.8 Å². The number of anilines is 1. The average Bonchev–Trinajstić information content (AvgIpc) is 3.19. The van der Waals surface area contributed by atoms with Gasteiger partial charge in [-0.25, -0.2) is 9.97 Å². The van der Waals surface area contributed by atoms with Crippen LogP contribution in [0.3, 0.4) is 0 Å². The van der Waals surface area contributed by atoms with E-state index in [0.29, 0.717) is 17.7 Å². The van der Waals surface area contributed by atoms with E-state index in [9.17, 15) is 4.79 Å². The van der Waals surface area contributed by atoms with Gasteiger partial charge in [-0.05, 0) is 25.8 Å². The molecule has 3 rings (SSSR count). The Bertz CT molecular complexity index is 1030. The molecule has 0 unspecified atom stereocenters. The van der Waals surface area contributed by atoms with Crippen molar-refractivity contribution < 1.29 is 4.79 Å². The maximum Gasteiger partial charge on any atom is 0.252 e. The maximum atomic E-state index is 12.9. The molecular weight excluding hydrogens is 378 g/mol. The minimum absolute atomic E-state index is 0.122. The summed E-state index contributed by atoms with van der Waals surface area (Å²) in [6, 6.07) is 3.63. The van der Waals surface area contributed by atoms with Crippen LogP contribution in [0.25, 0.3) is 5.95 Å². The molecule has 0 aromatic carbocycles. The normalized spacial score (nSPS) is 11.9. The molecule has 0 fully saturated rings. The van der Waals surface area contributed by atoms with Gasteiger partial charge < -0.3 is 5.32 Å². The van der Waals surface area contributed by atoms with E-state index >= 15 is 0 Å². The summed E-state index contributed by atoms with van der Waals surface area (Å²) in [6.45, 7) is 15.3. The molecule has 0 saturated heterocycles. The zero-order chi connectivity index (χ0) is 22.1. The number of rotatable bonds is 6. The van der Waals surface area contributed by atoms with Gasteiger partial charge in [-0.2, -0.15) is 14.9 Å². The van der Waals surface area contributed by atoms with E-state index < -0.39 is 0 Å². The van der Waals surface area contributed by atoms with Gasteiger partial charge in [0.05, 0.1) is 17.8 Å². The van der Waals surface area contributed by atoms with Crippen LogP contribution < -0.4 is 5.32 Å². The van der Waals surface area contributed by atoms with Gasteiger partial charge in [-0.15, -0.1) is 0 Å². The molecule has 0 spiro atoms. The van der Waals surface area contributed by atoms with Gasteiger partial charge in [0.15, 0.2) is 0 Å². The lowest BCUT2D eigenvalue weighted by molar-refractivity contribution is -0.115. The molecular formula is C22H31N7O. The van der Waals surface area contributed by atoms with Crippen LogP contribution in [0.5, 0.6) is 0 Å². The molecule has 3 aromatic heterocycles. The first-order chi connectivity index (χ1) is 14.1. The first kappa shape index (κ1) is 21.7. The molecule has 0 aliphatic heterocycles. The number of nitrogens with one attached hydrogen (secondary N) is 1. The van der Waals surface area contributed by atoms with Crippen molar-refractivity contribution >= 4 is 11.7 Å². The lowest BCUT2D eigenvalue weighted by atomic mass is 9.92. The van der Waals surface area contributed by atoms with Gasteiger partial charge in [0.2, 0.25) is 5.91 Å². The van der Waals surface area contributed by atoms with E-state index in [0.717, 1.165) is 29.2 Å². The van der Waals surface area contributed by atoms with Crippen LogP contribution in [0.1, 0.15) is 57.3 Å². The van der Waals surface area contributed by atoms with Crippen molar-refractivity contribution in [1.82, 2.24) is 29.5 Å². The van der Waals surface area contributed by atoms with Gasteiger partial charge in [-0.3, -0.25) is 9.48 Å². The van der Waals surface area contributed by atoms with Crippen molar-refractivity contribution in [3.63, 3.8) is 0 Å². The zero-order valence-electron chi connectivity index (χ0n) is 18.9. The number of aryl methyl sites for hydroxylation is 1. The van der Waals surface area contributed by atoms with Gasteiger partial charge in [-0.1, -0.05) is 34.6 Å². The van der Waals surface area contributed by atoms with Gasteiger partial charge in [0.1, 0.15) is 5.82 Å². The van der Waals surface area contributed by atoms with E-state index in [-0.39, 0.29) is 17.7 Å². The van der Waals surface area contributed by atoms with Crippen LogP contribution in [0.4, 0.5) is 5.82 Å². The second-order valence-electron chi connectivity index (χ2n) is 9.08. The molecule has 1 N–H and O–H groups in total. The fourth-order valence-electron chi connectivity index (χ4n) is 3.25. The van der Waals surface area contributed by atoms with Crippen molar-refractivity contribution in [2.24, 2.45) is 5.92 Å². The molecule has 0 saturated carbocycles. The molecule has 0 aliphatic carbocycles. The number of aromatic nitrogens is 6. The quantitative estimate of drug-likeness (QED) is 0.672. The second-order valence-corrected chi connectivity index (χ2v) is 9.08. The Morgan fingerprint density at radius 2 is 1.80 bits per heavy atom. The maximum absolute atomic E-state index is 12.9. The van der Waals surface area contributed by atoms with Crippen LogP contribution in [-0.2, 0) is 23.2 Å². The van der Waals surface area contributed by atoms with Crippen LogP contribution in [0.2, 0.25) is 0 Å². The molecule has 0 atom stereocenters. The van der Waals surface area contributed by atoms with E-state index in [1.807, 2.05) is 24.6 Å². The standard InChI is InChI=1S/C22H31N7O/c1-14(2)13-28-16(4)17(15(3)26-28)11-20(30)25-19-12-18(22(5,6)7)27-29(19)21-23-9-8-10-24-21/h8-10,12,14H,11,13H2,1-7H3,(H,25,30). The molecule has 0 radical (unpaired) electrons. The Labute approximate surface area is 177 Å². The van der Waals surface area contributed by atoms with Crippen molar-refractivity contribution in [3.8, 4) is 5.95 Å². The molecule has 3 heterocycles. The minimum Gasteiger partial charge on any atom is -0.310 e. The first-order valence-corrected chi connectivity index (χ1v) is 10.3. The largest absolute Gasteiger partial charge is 0.310 e. The third-order valence-corrected chi connectivity index (χ3v) is 4.89. The Morgan fingerprint density at radius 3 is 2.40 bits per heavy atom. The SMILES string of the molecule is Cc1nn(CC(C)C)c(C)c1CC(=O)Nc1cc(C(C)(C)C)nn1-c1ncccn1. The zero-order valence-corrected chi connectivity index (χ0v) is 18.9. The summed E-state index contributed by atoms with van der Waals surface area (Å²) in [5.41, 5.74) is 3.56. The summed E-state index contributed by atoms with van der Waals surface area (Å²) in [4.78, 5) is 21.5. The molecule has 3 aromatic rings. The lowest BCUT2D eigenvalue weighted by Gasteiger charge is -2.13. The minimum atomic E-state index is -0.176. The number of nitrogens with zero attached hydrogens (tertiary/aromatic N) is 6. The summed E-state index contributed by atoms with van der Waals surface area (Å²) in [7, 11) is 0. The Kier molecular flexibility index (Phi) is 6.05. The molecule has 8 heteroatoms. The summed E-state index contributed by atoms with van der Waals surface area (Å²) in [6.07, 6.45) is 3.56. The monoisotopic (exact) mass is 409 g/mol.